The summed E-state index contributed by atoms with van der Waals surface area (Å²) < 4.78 is 5.77. The quantitative estimate of drug-likeness (QED) is 0.590. The number of amides is 2. The number of hydrogen-bond acceptors (Lipinski definition) is 4. The van der Waals surface area contributed by atoms with Crippen LogP contribution in [0.25, 0.3) is 0 Å². The summed E-state index contributed by atoms with van der Waals surface area (Å²) in [6, 6.07) is 15.9. The predicted octanol–water partition coefficient (Wildman–Crippen LogP) is 4.95. The lowest BCUT2D eigenvalue weighted by molar-refractivity contribution is -0.122. The molecule has 158 valence electrons. The summed E-state index contributed by atoms with van der Waals surface area (Å²) in [6.45, 7) is 2.21. The van der Waals surface area contributed by atoms with E-state index in [1.165, 1.54) is 0 Å². The van der Waals surface area contributed by atoms with Gasteiger partial charge in [-0.1, -0.05) is 41.4 Å². The number of fused-ring (bicyclic) bond motifs is 1. The van der Waals surface area contributed by atoms with Crippen LogP contribution in [0.4, 0.5) is 5.69 Å². The van der Waals surface area contributed by atoms with E-state index in [-0.39, 0.29) is 24.9 Å². The molecule has 2 amide bonds. The van der Waals surface area contributed by atoms with Crippen molar-refractivity contribution in [3.8, 4) is 5.75 Å². The summed E-state index contributed by atoms with van der Waals surface area (Å²) >= 11 is 12.2. The van der Waals surface area contributed by atoms with Gasteiger partial charge in [0.25, 0.3) is 11.8 Å². The molecule has 3 aromatic rings. The highest BCUT2D eigenvalue weighted by Crippen LogP contribution is 2.34. The van der Waals surface area contributed by atoms with Crippen molar-refractivity contribution in [3.63, 3.8) is 0 Å². The van der Waals surface area contributed by atoms with Crippen molar-refractivity contribution in [1.29, 1.82) is 0 Å². The lowest BCUT2D eigenvalue weighted by Crippen LogP contribution is -2.36. The second-order valence-electron chi connectivity index (χ2n) is 7.16. The highest BCUT2D eigenvalue weighted by molar-refractivity contribution is 6.42. The number of pyridine rings is 1. The number of nitrogens with one attached hydrogen (secondary N) is 1. The molecule has 2 heterocycles. The normalized spacial score (nSPS) is 14.9. The van der Waals surface area contributed by atoms with Crippen molar-refractivity contribution in [2.75, 3.05) is 5.32 Å². The highest BCUT2D eigenvalue weighted by atomic mass is 35.5. The van der Waals surface area contributed by atoms with E-state index >= 15 is 0 Å². The number of rotatable bonds is 5. The Hall–Kier alpha value is -3.09. The van der Waals surface area contributed by atoms with E-state index in [9.17, 15) is 9.59 Å². The molecule has 8 heteroatoms. The smallest absolute Gasteiger partial charge is 0.265 e. The number of anilines is 1. The minimum Gasteiger partial charge on any atom is -0.478 e. The van der Waals surface area contributed by atoms with Crippen molar-refractivity contribution in [2.24, 2.45) is 0 Å². The lowest BCUT2D eigenvalue weighted by Gasteiger charge is -2.28. The number of carbonyl (C=O) groups is 2. The van der Waals surface area contributed by atoms with E-state index in [1.54, 1.807) is 48.4 Å². The summed E-state index contributed by atoms with van der Waals surface area (Å²) in [6.07, 6.45) is 0.989. The minimum absolute atomic E-state index is 0.252. The van der Waals surface area contributed by atoms with Gasteiger partial charge in [0.2, 0.25) is 0 Å². The van der Waals surface area contributed by atoms with Gasteiger partial charge in [-0.2, -0.15) is 0 Å². The largest absolute Gasteiger partial charge is 0.478 e. The Kier molecular flexibility index (Phi) is 6.11. The molecule has 1 aromatic heterocycles. The van der Waals surface area contributed by atoms with Gasteiger partial charge < -0.3 is 15.0 Å². The summed E-state index contributed by atoms with van der Waals surface area (Å²) in [5, 5.41) is 3.64. The predicted molar refractivity (Wildman–Crippen MR) is 119 cm³/mol. The molecule has 2 aromatic carbocycles. The van der Waals surface area contributed by atoms with E-state index in [4.69, 9.17) is 27.9 Å². The van der Waals surface area contributed by atoms with Gasteiger partial charge in [0, 0.05) is 12.7 Å². The second kappa shape index (κ2) is 8.96. The average Bonchev–Trinajstić information content (AvgIpc) is 2.76. The molecule has 1 atom stereocenters. The fourth-order valence-corrected chi connectivity index (χ4v) is 3.63. The van der Waals surface area contributed by atoms with Crippen molar-refractivity contribution in [2.45, 2.75) is 26.1 Å². The van der Waals surface area contributed by atoms with Gasteiger partial charge in [0.15, 0.2) is 11.9 Å². The first-order valence-electron chi connectivity index (χ1n) is 9.66. The molecular formula is C23H19Cl2N3O3. The van der Waals surface area contributed by atoms with Crippen LogP contribution in [0.15, 0.2) is 60.8 Å². The summed E-state index contributed by atoms with van der Waals surface area (Å²) in [7, 11) is 0. The van der Waals surface area contributed by atoms with Gasteiger partial charge in [-0.05, 0) is 48.9 Å². The van der Waals surface area contributed by atoms with Gasteiger partial charge in [-0.25, -0.2) is 0 Å². The van der Waals surface area contributed by atoms with Gasteiger partial charge in [-0.3, -0.25) is 14.6 Å². The number of hydrogen-bond donors (Lipinski definition) is 1. The van der Waals surface area contributed by atoms with Crippen LogP contribution < -0.4 is 10.1 Å². The number of ether oxygens (including phenoxy) is 1. The molecule has 0 fully saturated rings. The third-order valence-electron chi connectivity index (χ3n) is 4.89. The molecule has 0 radical (unpaired) electrons. The molecule has 0 saturated carbocycles. The van der Waals surface area contributed by atoms with E-state index in [1.807, 2.05) is 24.3 Å². The molecule has 4 rings (SSSR count). The zero-order chi connectivity index (χ0) is 22.0. The van der Waals surface area contributed by atoms with Crippen LogP contribution >= 0.6 is 23.2 Å². The number of halogens is 2. The average molecular weight is 456 g/mol. The Morgan fingerprint density at radius 3 is 2.68 bits per heavy atom. The van der Waals surface area contributed by atoms with Crippen LogP contribution in [-0.4, -0.2) is 27.8 Å². The SMILES string of the molecule is CC1Oc2c(cccc2C(=O)N(Cc2ccc(Cl)c(Cl)c2)Cc2ccccn2)NC1=O. The van der Waals surface area contributed by atoms with E-state index in [0.29, 0.717) is 27.0 Å². The molecule has 0 saturated heterocycles. The van der Waals surface area contributed by atoms with Gasteiger partial charge in [0.05, 0.1) is 33.5 Å². The Morgan fingerprint density at radius 1 is 1.10 bits per heavy atom. The summed E-state index contributed by atoms with van der Waals surface area (Å²) in [5.74, 6) is -0.144. The molecule has 1 aliphatic rings. The van der Waals surface area contributed by atoms with Crippen LogP contribution in [0, 0.1) is 0 Å². The third kappa shape index (κ3) is 4.65. The van der Waals surface area contributed by atoms with Crippen molar-refractivity contribution in [3.05, 3.63) is 87.7 Å². The van der Waals surface area contributed by atoms with Crippen molar-refractivity contribution < 1.29 is 14.3 Å². The van der Waals surface area contributed by atoms with Crippen LogP contribution in [-0.2, 0) is 17.9 Å². The minimum atomic E-state index is -0.694. The maximum absolute atomic E-state index is 13.6. The summed E-state index contributed by atoms with van der Waals surface area (Å²) in [4.78, 5) is 31.6. The number of aromatic nitrogens is 1. The van der Waals surface area contributed by atoms with E-state index in [2.05, 4.69) is 10.3 Å². The standard InChI is InChI=1S/C23H19Cl2N3O3/c1-14-22(29)27-20-7-4-6-17(21(20)31-14)23(30)28(13-16-5-2-3-10-26-16)12-15-8-9-18(24)19(25)11-15/h2-11,14H,12-13H2,1H3,(H,27,29). The number of nitrogens with zero attached hydrogens (tertiary/aromatic N) is 2. The molecule has 31 heavy (non-hydrogen) atoms. The highest BCUT2D eigenvalue weighted by Gasteiger charge is 2.29. The first-order chi connectivity index (χ1) is 14.9. The van der Waals surface area contributed by atoms with Crippen molar-refractivity contribution >= 4 is 40.7 Å². The second-order valence-corrected chi connectivity index (χ2v) is 7.98. The third-order valence-corrected chi connectivity index (χ3v) is 5.63. The first-order valence-corrected chi connectivity index (χ1v) is 10.4. The van der Waals surface area contributed by atoms with E-state index < -0.39 is 6.10 Å². The molecule has 6 nitrogen and oxygen atoms in total. The molecular weight excluding hydrogens is 437 g/mol. The molecule has 0 spiro atoms. The molecule has 1 N–H and O–H groups in total. The maximum atomic E-state index is 13.6. The van der Waals surface area contributed by atoms with Gasteiger partial charge in [0.1, 0.15) is 0 Å². The monoisotopic (exact) mass is 455 g/mol. The van der Waals surface area contributed by atoms with Gasteiger partial charge in [-0.15, -0.1) is 0 Å². The number of carbonyl (C=O) groups excluding carboxylic acids is 2. The van der Waals surface area contributed by atoms with Crippen LogP contribution in [0.1, 0.15) is 28.5 Å². The molecule has 1 aliphatic heterocycles. The van der Waals surface area contributed by atoms with Crippen LogP contribution in [0.3, 0.4) is 0 Å². The van der Waals surface area contributed by atoms with Gasteiger partial charge >= 0.3 is 0 Å². The molecule has 1 unspecified atom stereocenters. The Balaban J connectivity index is 1.69. The van der Waals surface area contributed by atoms with Crippen LogP contribution in [0.2, 0.25) is 10.0 Å². The fourth-order valence-electron chi connectivity index (χ4n) is 3.31. The lowest BCUT2D eigenvalue weighted by atomic mass is 10.1. The van der Waals surface area contributed by atoms with E-state index in [0.717, 1.165) is 11.3 Å². The Labute approximate surface area is 189 Å². The van der Waals surface area contributed by atoms with Crippen LogP contribution in [0.5, 0.6) is 5.75 Å². The summed E-state index contributed by atoms with van der Waals surface area (Å²) in [5.41, 5.74) is 2.40. The Morgan fingerprint density at radius 2 is 1.94 bits per heavy atom. The zero-order valence-electron chi connectivity index (χ0n) is 16.6. The fraction of sp³-hybridized carbons (Fsp3) is 0.174. The Bertz CT molecular complexity index is 1140. The topological polar surface area (TPSA) is 71.5 Å². The maximum Gasteiger partial charge on any atom is 0.265 e. The zero-order valence-corrected chi connectivity index (χ0v) is 18.2. The molecule has 0 bridgehead atoms. The first kappa shape index (κ1) is 21.2. The molecule has 0 aliphatic carbocycles. The number of para-hydroxylation sites is 1. The van der Waals surface area contributed by atoms with Crippen molar-refractivity contribution in [1.82, 2.24) is 9.88 Å². The number of benzene rings is 2.